The summed E-state index contributed by atoms with van der Waals surface area (Å²) in [5.41, 5.74) is 5.74. The molecule has 2 aliphatic heterocycles. The van der Waals surface area contributed by atoms with Gasteiger partial charge in [-0.25, -0.2) is 0 Å². The minimum absolute atomic E-state index is 0.177. The molecule has 1 unspecified atom stereocenters. The number of amides is 1. The third kappa shape index (κ3) is 1.64. The maximum absolute atomic E-state index is 11.7. The van der Waals surface area contributed by atoms with Crippen molar-refractivity contribution in [2.24, 2.45) is 5.73 Å². The van der Waals surface area contributed by atoms with E-state index in [1.54, 1.807) is 0 Å². The minimum atomic E-state index is -0.222. The van der Waals surface area contributed by atoms with E-state index in [9.17, 15) is 4.79 Å². The first kappa shape index (κ1) is 10.5. The first-order valence-electron chi connectivity index (χ1n) is 6.56. The van der Waals surface area contributed by atoms with Crippen molar-refractivity contribution in [1.29, 1.82) is 0 Å². The average molecular weight is 223 g/mol. The van der Waals surface area contributed by atoms with E-state index in [0.717, 1.165) is 32.1 Å². The molecule has 90 valence electrons. The molecule has 2 heterocycles. The molecule has 0 aromatic carbocycles. The van der Waals surface area contributed by atoms with Crippen LogP contribution in [0.1, 0.15) is 32.1 Å². The molecule has 2 N–H and O–H groups in total. The van der Waals surface area contributed by atoms with Gasteiger partial charge >= 0.3 is 0 Å². The Morgan fingerprint density at radius 3 is 2.31 bits per heavy atom. The first-order valence-corrected chi connectivity index (χ1v) is 6.56. The molecule has 1 amide bonds. The molecular formula is C12H21N3O. The van der Waals surface area contributed by atoms with Gasteiger partial charge in [0, 0.05) is 25.7 Å². The molecule has 0 bridgehead atoms. The predicted molar refractivity (Wildman–Crippen MR) is 61.9 cm³/mol. The molecule has 1 atom stereocenters. The van der Waals surface area contributed by atoms with Gasteiger partial charge in [-0.1, -0.05) is 12.8 Å². The Bertz CT molecular complexity index is 282. The van der Waals surface area contributed by atoms with Crippen molar-refractivity contribution < 1.29 is 4.79 Å². The monoisotopic (exact) mass is 223 g/mol. The normalized spacial score (nSPS) is 33.7. The molecule has 1 saturated carbocycles. The largest absolute Gasteiger partial charge is 0.336 e. The van der Waals surface area contributed by atoms with Crippen LogP contribution in [0.25, 0.3) is 0 Å². The van der Waals surface area contributed by atoms with Gasteiger partial charge in [-0.15, -0.1) is 0 Å². The van der Waals surface area contributed by atoms with Crippen LogP contribution in [-0.4, -0.2) is 53.5 Å². The summed E-state index contributed by atoms with van der Waals surface area (Å²) in [4.78, 5) is 16.3. The molecule has 0 aromatic heterocycles. The molecule has 2 saturated heterocycles. The van der Waals surface area contributed by atoms with E-state index < -0.39 is 0 Å². The van der Waals surface area contributed by atoms with E-state index in [2.05, 4.69) is 4.90 Å². The van der Waals surface area contributed by atoms with Crippen molar-refractivity contribution in [3.05, 3.63) is 0 Å². The summed E-state index contributed by atoms with van der Waals surface area (Å²) in [6.45, 7) is 3.05. The Labute approximate surface area is 96.8 Å². The van der Waals surface area contributed by atoms with E-state index in [-0.39, 0.29) is 11.9 Å². The van der Waals surface area contributed by atoms with Crippen LogP contribution in [0.3, 0.4) is 0 Å². The van der Waals surface area contributed by atoms with Crippen molar-refractivity contribution in [1.82, 2.24) is 9.80 Å². The van der Waals surface area contributed by atoms with Gasteiger partial charge in [0.1, 0.15) is 0 Å². The maximum atomic E-state index is 11.7. The first-order chi connectivity index (χ1) is 7.75. The predicted octanol–water partition coefficient (Wildman–Crippen LogP) is 0.173. The number of nitrogens with two attached hydrogens (primary N) is 1. The van der Waals surface area contributed by atoms with Gasteiger partial charge in [0.15, 0.2) is 0 Å². The molecular weight excluding hydrogens is 202 g/mol. The fourth-order valence-electron chi connectivity index (χ4n) is 3.34. The van der Waals surface area contributed by atoms with E-state index in [4.69, 9.17) is 5.73 Å². The summed E-state index contributed by atoms with van der Waals surface area (Å²) in [7, 11) is 0. The summed E-state index contributed by atoms with van der Waals surface area (Å²) >= 11 is 0. The van der Waals surface area contributed by atoms with Gasteiger partial charge in [-0.2, -0.15) is 0 Å². The van der Waals surface area contributed by atoms with Gasteiger partial charge in [-0.3, -0.25) is 9.69 Å². The number of carbonyl (C=O) groups excluding carboxylic acids is 1. The highest BCUT2D eigenvalue weighted by atomic mass is 16.2. The quantitative estimate of drug-likeness (QED) is 0.726. The number of likely N-dealkylation sites (tertiary alicyclic amines) is 2. The van der Waals surface area contributed by atoms with E-state index in [0.29, 0.717) is 6.04 Å². The van der Waals surface area contributed by atoms with Gasteiger partial charge in [0.05, 0.1) is 12.1 Å². The molecule has 4 heteroatoms. The Morgan fingerprint density at radius 1 is 1.06 bits per heavy atom. The second kappa shape index (κ2) is 4.00. The summed E-state index contributed by atoms with van der Waals surface area (Å²) in [5.74, 6) is 0.177. The van der Waals surface area contributed by atoms with Crippen LogP contribution in [0.5, 0.6) is 0 Å². The summed E-state index contributed by atoms with van der Waals surface area (Å²) < 4.78 is 0. The molecule has 0 spiro atoms. The smallest absolute Gasteiger partial charge is 0.239 e. The molecule has 0 aromatic rings. The summed E-state index contributed by atoms with van der Waals surface area (Å²) in [6, 6.07) is 1.05. The van der Waals surface area contributed by atoms with Gasteiger partial charge in [0.25, 0.3) is 0 Å². The van der Waals surface area contributed by atoms with Crippen molar-refractivity contribution in [2.45, 2.75) is 50.2 Å². The minimum Gasteiger partial charge on any atom is -0.336 e. The van der Waals surface area contributed by atoms with Crippen LogP contribution < -0.4 is 5.73 Å². The van der Waals surface area contributed by atoms with Crippen LogP contribution in [0, 0.1) is 0 Å². The van der Waals surface area contributed by atoms with E-state index in [1.165, 1.54) is 25.7 Å². The SMILES string of the molecule is NC1CCN(C2CN(C3CCCC3)C2)C1=O. The van der Waals surface area contributed by atoms with E-state index in [1.807, 2.05) is 4.90 Å². The fraction of sp³-hybridized carbons (Fsp3) is 0.917. The number of nitrogens with zero attached hydrogens (tertiary/aromatic N) is 2. The zero-order chi connectivity index (χ0) is 11.1. The lowest BCUT2D eigenvalue weighted by molar-refractivity contribution is -0.134. The number of hydrogen-bond donors (Lipinski definition) is 1. The van der Waals surface area contributed by atoms with Crippen LogP contribution >= 0.6 is 0 Å². The second-order valence-corrected chi connectivity index (χ2v) is 5.47. The zero-order valence-corrected chi connectivity index (χ0v) is 9.77. The third-order valence-corrected chi connectivity index (χ3v) is 4.45. The Morgan fingerprint density at radius 2 is 1.75 bits per heavy atom. The Hall–Kier alpha value is -0.610. The topological polar surface area (TPSA) is 49.6 Å². The molecule has 16 heavy (non-hydrogen) atoms. The Kier molecular flexibility index (Phi) is 2.64. The van der Waals surface area contributed by atoms with E-state index >= 15 is 0 Å². The summed E-state index contributed by atoms with van der Waals surface area (Å²) in [6.07, 6.45) is 6.35. The van der Waals surface area contributed by atoms with Crippen molar-refractivity contribution in [3.8, 4) is 0 Å². The highest BCUT2D eigenvalue weighted by molar-refractivity contribution is 5.84. The standard InChI is InChI=1S/C12H21N3O/c13-11-5-6-15(12(11)16)10-7-14(8-10)9-3-1-2-4-9/h9-11H,1-8,13H2. The van der Waals surface area contributed by atoms with Gasteiger partial charge < -0.3 is 10.6 Å². The van der Waals surface area contributed by atoms with Crippen molar-refractivity contribution >= 4 is 5.91 Å². The number of hydrogen-bond acceptors (Lipinski definition) is 3. The van der Waals surface area contributed by atoms with Gasteiger partial charge in [0.2, 0.25) is 5.91 Å². The molecule has 3 fully saturated rings. The number of carbonyl (C=O) groups is 1. The van der Waals surface area contributed by atoms with Crippen LogP contribution in [0.4, 0.5) is 0 Å². The lowest BCUT2D eigenvalue weighted by atomic mass is 10.0. The zero-order valence-electron chi connectivity index (χ0n) is 9.77. The fourth-order valence-corrected chi connectivity index (χ4v) is 3.34. The molecule has 1 aliphatic carbocycles. The van der Waals surface area contributed by atoms with Crippen molar-refractivity contribution in [2.75, 3.05) is 19.6 Å². The van der Waals surface area contributed by atoms with Crippen LogP contribution in [-0.2, 0) is 4.79 Å². The summed E-state index contributed by atoms with van der Waals surface area (Å²) in [5, 5.41) is 0. The lowest BCUT2D eigenvalue weighted by Gasteiger charge is -2.47. The second-order valence-electron chi connectivity index (χ2n) is 5.47. The molecule has 4 nitrogen and oxygen atoms in total. The molecule has 3 aliphatic rings. The third-order valence-electron chi connectivity index (χ3n) is 4.45. The molecule has 3 rings (SSSR count). The average Bonchev–Trinajstić information content (AvgIpc) is 2.81. The van der Waals surface area contributed by atoms with Crippen molar-refractivity contribution in [3.63, 3.8) is 0 Å². The maximum Gasteiger partial charge on any atom is 0.239 e. The number of rotatable bonds is 2. The Balaban J connectivity index is 1.51. The van der Waals surface area contributed by atoms with Crippen LogP contribution in [0.15, 0.2) is 0 Å². The van der Waals surface area contributed by atoms with Gasteiger partial charge in [-0.05, 0) is 19.3 Å². The molecule has 0 radical (unpaired) electrons. The lowest BCUT2D eigenvalue weighted by Crippen LogP contribution is -2.62. The highest BCUT2D eigenvalue weighted by Crippen LogP contribution is 2.29. The van der Waals surface area contributed by atoms with Crippen LogP contribution in [0.2, 0.25) is 0 Å². The highest BCUT2D eigenvalue weighted by Gasteiger charge is 2.41.